The van der Waals surface area contributed by atoms with Crippen LogP contribution in [0.25, 0.3) is 0 Å². The maximum absolute atomic E-state index is 12.5. The molecule has 0 saturated carbocycles. The van der Waals surface area contributed by atoms with Gasteiger partial charge in [-0.15, -0.1) is 0 Å². The van der Waals surface area contributed by atoms with E-state index in [1.165, 1.54) is 0 Å². The maximum Gasteiger partial charge on any atom is 0.307 e. The van der Waals surface area contributed by atoms with Gasteiger partial charge in [-0.3, -0.25) is 9.59 Å². The van der Waals surface area contributed by atoms with Crippen molar-refractivity contribution in [2.75, 3.05) is 6.61 Å². The second-order valence-corrected chi connectivity index (χ2v) is 7.44. The van der Waals surface area contributed by atoms with E-state index >= 15 is 0 Å². The molecule has 4 nitrogen and oxygen atoms in total. The number of rotatable bonds is 5. The number of carbonyl (C=O) groups is 2. The van der Waals surface area contributed by atoms with Crippen LogP contribution in [0.1, 0.15) is 33.8 Å². The zero-order valence-corrected chi connectivity index (χ0v) is 16.5. The molecule has 0 radical (unpaired) electrons. The number of fused-ring (bicyclic) bond motifs is 2. The highest BCUT2D eigenvalue weighted by molar-refractivity contribution is 9.10. The van der Waals surface area contributed by atoms with Crippen molar-refractivity contribution < 1.29 is 19.1 Å². The Bertz CT molecular complexity index is 981. The first-order chi connectivity index (χ1) is 13.6. The number of ketones is 1. The Hall–Kier alpha value is -2.92. The van der Waals surface area contributed by atoms with Crippen molar-refractivity contribution in [2.45, 2.75) is 12.3 Å². The first-order valence-corrected chi connectivity index (χ1v) is 9.71. The molecule has 0 bridgehead atoms. The Kier molecular flexibility index (Phi) is 5.26. The smallest absolute Gasteiger partial charge is 0.307 e. The molecule has 0 N–H and O–H groups in total. The fraction of sp³-hybridized carbons (Fsp3) is 0.130. The van der Waals surface area contributed by atoms with Crippen LogP contribution in [-0.4, -0.2) is 18.4 Å². The van der Waals surface area contributed by atoms with Gasteiger partial charge in [0.2, 0.25) is 0 Å². The highest BCUT2D eigenvalue weighted by Gasteiger charge is 2.29. The summed E-state index contributed by atoms with van der Waals surface area (Å²) in [4.78, 5) is 24.7. The van der Waals surface area contributed by atoms with E-state index in [9.17, 15) is 9.59 Å². The van der Waals surface area contributed by atoms with Crippen LogP contribution in [0, 0.1) is 0 Å². The zero-order valence-electron chi connectivity index (χ0n) is 14.9. The topological polar surface area (TPSA) is 52.6 Å². The van der Waals surface area contributed by atoms with Crippen LogP contribution in [0.4, 0.5) is 0 Å². The summed E-state index contributed by atoms with van der Waals surface area (Å²) in [5, 5.41) is 0. The number of ether oxygens (including phenoxy) is 2. The van der Waals surface area contributed by atoms with Crippen LogP contribution in [0.5, 0.6) is 11.5 Å². The minimum atomic E-state index is -0.415. The fourth-order valence-electron chi connectivity index (χ4n) is 3.32. The van der Waals surface area contributed by atoms with Gasteiger partial charge >= 0.3 is 5.97 Å². The molecule has 0 unspecified atom stereocenters. The molecule has 0 atom stereocenters. The third-order valence-electron chi connectivity index (χ3n) is 4.71. The van der Waals surface area contributed by atoms with Crippen LogP contribution >= 0.6 is 15.9 Å². The lowest BCUT2D eigenvalue weighted by molar-refractivity contribution is -0.142. The first-order valence-electron chi connectivity index (χ1n) is 8.92. The summed E-state index contributed by atoms with van der Waals surface area (Å²) < 4.78 is 12.1. The van der Waals surface area contributed by atoms with Crippen molar-refractivity contribution in [3.8, 4) is 11.5 Å². The molecule has 140 valence electrons. The van der Waals surface area contributed by atoms with Crippen LogP contribution in [0.15, 0.2) is 77.3 Å². The maximum atomic E-state index is 12.5. The molecule has 0 aromatic heterocycles. The molecule has 1 aliphatic rings. The van der Waals surface area contributed by atoms with Gasteiger partial charge < -0.3 is 9.47 Å². The van der Waals surface area contributed by atoms with E-state index in [1.54, 1.807) is 24.3 Å². The van der Waals surface area contributed by atoms with E-state index in [4.69, 9.17) is 9.47 Å². The second kappa shape index (κ2) is 7.98. The predicted molar refractivity (Wildman–Crippen MR) is 109 cm³/mol. The molecule has 1 heterocycles. The van der Waals surface area contributed by atoms with Crippen LogP contribution in [0.2, 0.25) is 0 Å². The summed E-state index contributed by atoms with van der Waals surface area (Å²) in [7, 11) is 0. The monoisotopic (exact) mass is 436 g/mol. The first kappa shape index (κ1) is 18.4. The van der Waals surface area contributed by atoms with Crippen molar-refractivity contribution in [3.05, 3.63) is 94.0 Å². The van der Waals surface area contributed by atoms with E-state index in [-0.39, 0.29) is 24.7 Å². The van der Waals surface area contributed by atoms with Gasteiger partial charge in [0.25, 0.3) is 0 Å². The third-order valence-corrected chi connectivity index (χ3v) is 5.24. The standard InChI is InChI=1S/C23H17BrO4/c24-16-11-9-15(10-12-16)20(25)14-27-23(26)13-19-17-5-1-3-7-21(17)28-22-8-4-2-6-18(19)22/h1-12,19H,13-14H2. The molecular formula is C23H17BrO4. The van der Waals surface area contributed by atoms with Gasteiger partial charge in [-0.1, -0.05) is 64.5 Å². The quantitative estimate of drug-likeness (QED) is 0.391. The SMILES string of the molecule is O=C(CC1c2ccccc2Oc2ccccc21)OCC(=O)c1ccc(Br)cc1. The largest absolute Gasteiger partial charge is 0.457 e. The van der Waals surface area contributed by atoms with Gasteiger partial charge in [-0.2, -0.15) is 0 Å². The average molecular weight is 437 g/mol. The van der Waals surface area contributed by atoms with Crippen LogP contribution < -0.4 is 4.74 Å². The van der Waals surface area contributed by atoms with Crippen LogP contribution in [0.3, 0.4) is 0 Å². The summed E-state index contributed by atoms with van der Waals surface area (Å²) in [6.45, 7) is -0.271. The highest BCUT2D eigenvalue weighted by atomic mass is 79.9. The summed E-state index contributed by atoms with van der Waals surface area (Å²) >= 11 is 3.33. The molecule has 0 amide bonds. The van der Waals surface area contributed by atoms with E-state index in [1.807, 2.05) is 48.5 Å². The number of benzene rings is 3. The molecule has 3 aromatic carbocycles. The zero-order chi connectivity index (χ0) is 19.5. The molecule has 0 saturated heterocycles. The molecule has 1 aliphatic heterocycles. The highest BCUT2D eigenvalue weighted by Crippen LogP contribution is 2.45. The van der Waals surface area contributed by atoms with Crippen LogP contribution in [-0.2, 0) is 9.53 Å². The number of esters is 1. The minimum absolute atomic E-state index is 0.144. The fourth-order valence-corrected chi connectivity index (χ4v) is 3.58. The Labute approximate surface area is 171 Å². The third kappa shape index (κ3) is 3.85. The van der Waals surface area contributed by atoms with E-state index < -0.39 is 5.97 Å². The van der Waals surface area contributed by atoms with E-state index in [0.29, 0.717) is 5.56 Å². The molecule has 0 aliphatic carbocycles. The Balaban J connectivity index is 1.47. The lowest BCUT2D eigenvalue weighted by atomic mass is 9.85. The van der Waals surface area contributed by atoms with Crippen molar-refractivity contribution in [1.29, 1.82) is 0 Å². The average Bonchev–Trinajstić information content (AvgIpc) is 2.72. The molecule has 0 spiro atoms. The van der Waals surface area contributed by atoms with Gasteiger partial charge in [-0.05, 0) is 24.3 Å². The van der Waals surface area contributed by atoms with Crippen molar-refractivity contribution >= 4 is 27.7 Å². The van der Waals surface area contributed by atoms with Crippen molar-refractivity contribution in [3.63, 3.8) is 0 Å². The molecule has 3 aromatic rings. The normalized spacial score (nSPS) is 12.5. The van der Waals surface area contributed by atoms with Gasteiger partial charge in [0, 0.05) is 27.1 Å². The predicted octanol–water partition coefficient (Wildman–Crippen LogP) is 5.50. The van der Waals surface area contributed by atoms with Crippen molar-refractivity contribution in [1.82, 2.24) is 0 Å². The van der Waals surface area contributed by atoms with Gasteiger partial charge in [0.15, 0.2) is 12.4 Å². The van der Waals surface area contributed by atoms with Crippen molar-refractivity contribution in [2.24, 2.45) is 0 Å². The number of Topliss-reactive ketones (excluding diaryl/α,β-unsaturated/α-hetero) is 1. The minimum Gasteiger partial charge on any atom is -0.457 e. The summed E-state index contributed by atoms with van der Waals surface area (Å²) in [5.74, 6) is 0.668. The van der Waals surface area contributed by atoms with Gasteiger partial charge in [-0.25, -0.2) is 0 Å². The Morgan fingerprint density at radius 2 is 1.43 bits per heavy atom. The summed E-state index contributed by atoms with van der Waals surface area (Å²) in [5.41, 5.74) is 2.40. The molecule has 5 heteroatoms. The molecule has 28 heavy (non-hydrogen) atoms. The lowest BCUT2D eigenvalue weighted by Crippen LogP contribution is -2.18. The number of hydrogen-bond acceptors (Lipinski definition) is 4. The number of halogens is 1. The summed E-state index contributed by atoms with van der Waals surface area (Å²) in [6, 6.07) is 22.3. The van der Waals surface area contributed by atoms with E-state index in [2.05, 4.69) is 15.9 Å². The second-order valence-electron chi connectivity index (χ2n) is 6.53. The number of carbonyl (C=O) groups excluding carboxylic acids is 2. The van der Waals surface area contributed by atoms with Gasteiger partial charge in [0.1, 0.15) is 11.5 Å². The van der Waals surface area contributed by atoms with Gasteiger partial charge in [0.05, 0.1) is 6.42 Å². The lowest BCUT2D eigenvalue weighted by Gasteiger charge is -2.27. The van der Waals surface area contributed by atoms with E-state index in [0.717, 1.165) is 27.1 Å². The molecular weight excluding hydrogens is 420 g/mol. The summed E-state index contributed by atoms with van der Waals surface area (Å²) in [6.07, 6.45) is 0.144. The molecule has 0 fully saturated rings. The number of hydrogen-bond donors (Lipinski definition) is 0. The Morgan fingerprint density at radius 3 is 2.04 bits per heavy atom. The number of para-hydroxylation sites is 2. The molecule has 4 rings (SSSR count). The Morgan fingerprint density at radius 1 is 0.857 bits per heavy atom.